The Morgan fingerprint density at radius 3 is 0.775 bits per heavy atom. The molecule has 0 aromatic carbocycles. The molecule has 0 aromatic rings. The zero-order valence-electron chi connectivity index (χ0n) is 51.3. The highest BCUT2D eigenvalue weighted by Gasteiger charge is 2.19. The Labute approximate surface area is 492 Å². The number of carbonyl (C=O) groups is 3. The molecule has 1 unspecified atom stereocenters. The molecule has 0 aliphatic carbocycles. The van der Waals surface area contributed by atoms with E-state index in [-0.39, 0.29) is 37.5 Å². The minimum Gasteiger partial charge on any atom is -0.462 e. The first-order chi connectivity index (χ1) is 39.5. The molecule has 0 aliphatic heterocycles. The van der Waals surface area contributed by atoms with Crippen LogP contribution in [0.15, 0.2) is 170 Å². The lowest BCUT2D eigenvalue weighted by atomic mass is 10.1. The molecule has 1 atom stereocenters. The number of rotatable bonds is 56. The fourth-order valence-electron chi connectivity index (χ4n) is 8.18. The van der Waals surface area contributed by atoms with E-state index in [1.165, 1.54) is 32.1 Å². The van der Waals surface area contributed by atoms with Crippen LogP contribution in [0.4, 0.5) is 0 Å². The molecule has 0 saturated heterocycles. The molecule has 6 heteroatoms. The maximum atomic E-state index is 12.9. The zero-order valence-corrected chi connectivity index (χ0v) is 51.3. The highest BCUT2D eigenvalue weighted by Crippen LogP contribution is 2.13. The largest absolute Gasteiger partial charge is 0.462 e. The fourth-order valence-corrected chi connectivity index (χ4v) is 8.18. The number of hydrogen-bond donors (Lipinski definition) is 0. The van der Waals surface area contributed by atoms with Gasteiger partial charge < -0.3 is 14.2 Å². The number of unbranched alkanes of at least 4 members (excludes halogenated alkanes) is 17. The average molecular weight is 1100 g/mol. The van der Waals surface area contributed by atoms with Crippen molar-refractivity contribution in [1.29, 1.82) is 0 Å². The van der Waals surface area contributed by atoms with E-state index in [0.717, 1.165) is 186 Å². The monoisotopic (exact) mass is 1100 g/mol. The molecule has 0 spiro atoms. The van der Waals surface area contributed by atoms with Gasteiger partial charge in [0.05, 0.1) is 0 Å². The summed E-state index contributed by atoms with van der Waals surface area (Å²) in [5.41, 5.74) is 0. The van der Waals surface area contributed by atoms with Crippen LogP contribution in [-0.2, 0) is 28.6 Å². The molecule has 80 heavy (non-hydrogen) atoms. The van der Waals surface area contributed by atoms with Crippen LogP contribution in [0, 0.1) is 0 Å². The van der Waals surface area contributed by atoms with Gasteiger partial charge in [-0.2, -0.15) is 0 Å². The molecule has 0 aliphatic rings. The van der Waals surface area contributed by atoms with Crippen LogP contribution in [0.25, 0.3) is 0 Å². The van der Waals surface area contributed by atoms with Gasteiger partial charge in [0.2, 0.25) is 0 Å². The van der Waals surface area contributed by atoms with E-state index < -0.39 is 6.10 Å². The van der Waals surface area contributed by atoms with E-state index >= 15 is 0 Å². The molecule has 0 rings (SSSR count). The van der Waals surface area contributed by atoms with Gasteiger partial charge in [-0.05, 0) is 154 Å². The van der Waals surface area contributed by atoms with E-state index in [0.29, 0.717) is 12.8 Å². The van der Waals surface area contributed by atoms with Gasteiger partial charge in [0, 0.05) is 19.3 Å². The summed E-state index contributed by atoms with van der Waals surface area (Å²) in [6.07, 6.45) is 97.8. The molecule has 0 radical (unpaired) electrons. The van der Waals surface area contributed by atoms with Crippen LogP contribution in [0.2, 0.25) is 0 Å². The Bertz CT molecular complexity index is 1840. The smallest absolute Gasteiger partial charge is 0.306 e. The maximum Gasteiger partial charge on any atom is 0.306 e. The Kier molecular flexibility index (Phi) is 61.9. The zero-order chi connectivity index (χ0) is 57.8. The second-order valence-corrected chi connectivity index (χ2v) is 20.5. The number of allylic oxidation sites excluding steroid dienone is 28. The first-order valence-electron chi connectivity index (χ1n) is 32.1. The lowest BCUT2D eigenvalue weighted by Crippen LogP contribution is -2.30. The topological polar surface area (TPSA) is 78.9 Å². The van der Waals surface area contributed by atoms with Crippen LogP contribution in [0.1, 0.15) is 258 Å². The molecule has 0 N–H and O–H groups in total. The quantitative estimate of drug-likeness (QED) is 0.0261. The summed E-state index contributed by atoms with van der Waals surface area (Å²) in [4.78, 5) is 38.3. The summed E-state index contributed by atoms with van der Waals surface area (Å²) in [6, 6.07) is 0. The molecule has 0 fully saturated rings. The summed E-state index contributed by atoms with van der Waals surface area (Å²) in [5, 5.41) is 0. The lowest BCUT2D eigenvalue weighted by molar-refractivity contribution is -0.167. The standard InChI is InChI=1S/C74H116O6/c1-4-7-10-13-16-19-22-25-27-29-31-33-35-36-37-38-40-41-43-45-47-49-52-55-58-61-64-67-73(76)79-70-71(69-78-72(75)66-63-60-57-54-51-24-21-18-15-12-9-6-3)80-74(77)68-65-62-59-56-53-50-48-46-44-42-39-34-32-30-28-26-23-20-17-14-11-8-5-2/h7-8,10-11,16-21,25-28,31-34,36-37,40-42,44-45,47-48,50,71H,4-6,9,12-15,22-24,29-30,35,38-39,43,46,49,51-70H2,1-3H3/b10-7-,11-8-,19-16-,20-17-,21-18-,27-25-,28-26-,33-31-,34-32-,37-36-,41-40-,44-42-,47-45-,50-48-. The second kappa shape index (κ2) is 66.3. The van der Waals surface area contributed by atoms with Crippen molar-refractivity contribution in [2.24, 2.45) is 0 Å². The third-order valence-corrected chi connectivity index (χ3v) is 12.9. The van der Waals surface area contributed by atoms with E-state index in [4.69, 9.17) is 14.2 Å². The first kappa shape index (κ1) is 74.8. The van der Waals surface area contributed by atoms with Crippen molar-refractivity contribution < 1.29 is 28.6 Å². The van der Waals surface area contributed by atoms with Gasteiger partial charge in [-0.3, -0.25) is 14.4 Å². The summed E-state index contributed by atoms with van der Waals surface area (Å²) in [6.45, 7) is 6.33. The highest BCUT2D eigenvalue weighted by atomic mass is 16.6. The number of ether oxygens (including phenoxy) is 3. The van der Waals surface area contributed by atoms with Crippen molar-refractivity contribution in [2.45, 2.75) is 264 Å². The minimum atomic E-state index is -0.814. The molecule has 0 aromatic heterocycles. The van der Waals surface area contributed by atoms with E-state index in [1.54, 1.807) is 0 Å². The lowest BCUT2D eigenvalue weighted by Gasteiger charge is -2.18. The van der Waals surface area contributed by atoms with Gasteiger partial charge in [-0.1, -0.05) is 255 Å². The number of esters is 3. The average Bonchev–Trinajstić information content (AvgIpc) is 3.46. The van der Waals surface area contributed by atoms with Gasteiger partial charge in [-0.25, -0.2) is 0 Å². The summed E-state index contributed by atoms with van der Waals surface area (Å²) in [5.74, 6) is -0.966. The van der Waals surface area contributed by atoms with Crippen LogP contribution in [-0.4, -0.2) is 37.2 Å². The predicted octanol–water partition coefficient (Wildman–Crippen LogP) is 22.3. The fraction of sp³-hybridized carbons (Fsp3) is 0.581. The second-order valence-electron chi connectivity index (χ2n) is 20.5. The van der Waals surface area contributed by atoms with E-state index in [9.17, 15) is 14.4 Å². The highest BCUT2D eigenvalue weighted by molar-refractivity contribution is 5.71. The van der Waals surface area contributed by atoms with Crippen molar-refractivity contribution in [1.82, 2.24) is 0 Å². The molecule has 448 valence electrons. The Balaban J connectivity index is 4.46. The van der Waals surface area contributed by atoms with Crippen molar-refractivity contribution in [3.63, 3.8) is 0 Å². The maximum absolute atomic E-state index is 12.9. The van der Waals surface area contributed by atoms with Gasteiger partial charge in [-0.15, -0.1) is 0 Å². The number of hydrogen-bond acceptors (Lipinski definition) is 6. The van der Waals surface area contributed by atoms with Crippen molar-refractivity contribution in [2.75, 3.05) is 13.2 Å². The molecule has 0 heterocycles. The normalized spacial score (nSPS) is 13.3. The Morgan fingerprint density at radius 2 is 0.487 bits per heavy atom. The van der Waals surface area contributed by atoms with Crippen molar-refractivity contribution in [3.8, 4) is 0 Å². The molecule has 6 nitrogen and oxygen atoms in total. The van der Waals surface area contributed by atoms with Gasteiger partial charge >= 0.3 is 17.9 Å². The molecule has 0 saturated carbocycles. The van der Waals surface area contributed by atoms with Crippen LogP contribution < -0.4 is 0 Å². The van der Waals surface area contributed by atoms with Crippen molar-refractivity contribution in [3.05, 3.63) is 170 Å². The Morgan fingerprint density at radius 1 is 0.263 bits per heavy atom. The minimum absolute atomic E-state index is 0.107. The van der Waals surface area contributed by atoms with Gasteiger partial charge in [0.15, 0.2) is 6.10 Å². The van der Waals surface area contributed by atoms with Gasteiger partial charge in [0.1, 0.15) is 13.2 Å². The SMILES string of the molecule is CC/C=C\C/C=C\C/C=C\C/C=C\C/C=C\C/C=C\C/C=C\CCCCCCCC(=O)OCC(COC(=O)CCCCCCC/C=C\CCCCC)OC(=O)CCCCCC/C=C\C/C=C\C/C=C\C/C=C\C/C=C\C/C=C\CC. The van der Waals surface area contributed by atoms with E-state index in [1.807, 2.05) is 0 Å². The summed E-state index contributed by atoms with van der Waals surface area (Å²) < 4.78 is 16.9. The van der Waals surface area contributed by atoms with Crippen LogP contribution in [0.3, 0.4) is 0 Å². The first-order valence-corrected chi connectivity index (χ1v) is 32.1. The predicted molar refractivity (Wildman–Crippen MR) is 348 cm³/mol. The molecule has 0 amide bonds. The molecule has 0 bridgehead atoms. The van der Waals surface area contributed by atoms with Crippen LogP contribution >= 0.6 is 0 Å². The Hall–Kier alpha value is -5.23. The number of carbonyl (C=O) groups excluding carboxylic acids is 3. The van der Waals surface area contributed by atoms with E-state index in [2.05, 4.69) is 191 Å². The third-order valence-electron chi connectivity index (χ3n) is 12.9. The van der Waals surface area contributed by atoms with Crippen LogP contribution in [0.5, 0.6) is 0 Å². The summed E-state index contributed by atoms with van der Waals surface area (Å²) in [7, 11) is 0. The van der Waals surface area contributed by atoms with Gasteiger partial charge in [0.25, 0.3) is 0 Å². The third kappa shape index (κ3) is 63.6. The molecular weight excluding hydrogens is 985 g/mol. The summed E-state index contributed by atoms with van der Waals surface area (Å²) >= 11 is 0. The van der Waals surface area contributed by atoms with Crippen molar-refractivity contribution >= 4 is 17.9 Å². The molecular formula is C74H116O6.